The first-order valence-electron chi connectivity index (χ1n) is 8.94. The molecule has 31 heavy (non-hydrogen) atoms. The third-order valence-electron chi connectivity index (χ3n) is 4.36. The molecule has 2 amide bonds. The van der Waals surface area contributed by atoms with Crippen molar-refractivity contribution in [3.8, 4) is 11.3 Å². The maximum absolute atomic E-state index is 12.3. The number of benzene rings is 2. The number of rotatable bonds is 7. The Morgan fingerprint density at radius 2 is 2.00 bits per heavy atom. The highest BCUT2D eigenvalue weighted by molar-refractivity contribution is 8.00. The molecule has 0 spiro atoms. The van der Waals surface area contributed by atoms with Crippen molar-refractivity contribution in [2.75, 3.05) is 11.1 Å². The Hall–Kier alpha value is -3.70. The Bertz CT molecular complexity index is 1270. The van der Waals surface area contributed by atoms with Crippen LogP contribution < -0.4 is 11.1 Å². The molecule has 0 aliphatic heterocycles. The molecule has 2 heterocycles. The third-order valence-corrected chi connectivity index (χ3v) is 6.19. The summed E-state index contributed by atoms with van der Waals surface area (Å²) in [6.45, 7) is 0. The number of nitrogens with one attached hydrogen (secondary N) is 1. The number of nitro benzene ring substituents is 1. The first kappa shape index (κ1) is 20.6. The topological polar surface area (TPSA) is 133 Å². The Labute approximate surface area is 184 Å². The fourth-order valence-electron chi connectivity index (χ4n) is 2.87. The third kappa shape index (κ3) is 4.57. The van der Waals surface area contributed by atoms with Gasteiger partial charge in [-0.2, -0.15) is 0 Å². The number of hydrogen-bond acceptors (Lipinski definition) is 7. The molecule has 0 saturated carbocycles. The van der Waals surface area contributed by atoms with Crippen molar-refractivity contribution < 1.29 is 14.5 Å². The summed E-state index contributed by atoms with van der Waals surface area (Å²) in [7, 11) is 0. The highest BCUT2D eigenvalue weighted by Gasteiger charge is 2.18. The molecule has 0 unspecified atom stereocenters. The molecule has 0 aliphatic carbocycles. The van der Waals surface area contributed by atoms with E-state index in [1.165, 1.54) is 12.1 Å². The van der Waals surface area contributed by atoms with E-state index >= 15 is 0 Å². The molecule has 156 valence electrons. The molecule has 0 fully saturated rings. The number of carbonyl (C=O) groups is 2. The summed E-state index contributed by atoms with van der Waals surface area (Å²) in [5.41, 5.74) is 7.31. The van der Waals surface area contributed by atoms with Crippen LogP contribution in [-0.4, -0.2) is 31.9 Å². The summed E-state index contributed by atoms with van der Waals surface area (Å²) in [5, 5.41) is 16.0. The van der Waals surface area contributed by atoms with Gasteiger partial charge in [0.25, 0.3) is 5.69 Å². The van der Waals surface area contributed by atoms with Gasteiger partial charge in [0, 0.05) is 40.7 Å². The maximum Gasteiger partial charge on any atom is 0.283 e. The number of imidazole rings is 1. The first-order valence-corrected chi connectivity index (χ1v) is 10.8. The molecule has 2 aromatic carbocycles. The lowest BCUT2D eigenvalue weighted by Crippen LogP contribution is -2.14. The van der Waals surface area contributed by atoms with Crippen LogP contribution in [0.1, 0.15) is 10.4 Å². The van der Waals surface area contributed by atoms with Crippen LogP contribution in [0, 0.1) is 10.1 Å². The van der Waals surface area contributed by atoms with Gasteiger partial charge in [-0.1, -0.05) is 12.1 Å². The number of thiazole rings is 1. The molecule has 0 atom stereocenters. The summed E-state index contributed by atoms with van der Waals surface area (Å²) in [5.74, 6) is -1.10. The number of anilines is 1. The smallest absolute Gasteiger partial charge is 0.283 e. The van der Waals surface area contributed by atoms with Crippen molar-refractivity contribution in [1.29, 1.82) is 0 Å². The summed E-state index contributed by atoms with van der Waals surface area (Å²) in [6.07, 6.45) is 3.88. The number of primary amides is 1. The SMILES string of the molecule is NC(=O)c1ccc(SCC(=O)Nc2ccc(-c3cn4ccsc4n3)cc2)c([N+](=O)[O-])c1. The summed E-state index contributed by atoms with van der Waals surface area (Å²) in [4.78, 5) is 39.9. The van der Waals surface area contributed by atoms with Crippen molar-refractivity contribution in [2.45, 2.75) is 4.90 Å². The molecule has 2 aromatic heterocycles. The Morgan fingerprint density at radius 1 is 1.23 bits per heavy atom. The second-order valence-corrected chi connectivity index (χ2v) is 8.33. The lowest BCUT2D eigenvalue weighted by Gasteiger charge is -2.07. The Balaban J connectivity index is 1.39. The van der Waals surface area contributed by atoms with E-state index in [0.29, 0.717) is 5.69 Å². The zero-order valence-corrected chi connectivity index (χ0v) is 17.5. The van der Waals surface area contributed by atoms with Crippen molar-refractivity contribution in [2.24, 2.45) is 5.73 Å². The van der Waals surface area contributed by atoms with E-state index in [4.69, 9.17) is 5.73 Å². The van der Waals surface area contributed by atoms with Gasteiger partial charge in [0.2, 0.25) is 11.8 Å². The lowest BCUT2D eigenvalue weighted by atomic mass is 10.1. The van der Waals surface area contributed by atoms with Crippen molar-refractivity contribution >= 4 is 51.2 Å². The standard InChI is InChI=1S/C20H15N5O4S2/c21-19(27)13-3-6-17(16(9-13)25(28)29)31-11-18(26)22-14-4-1-12(2-5-14)15-10-24-7-8-30-20(24)23-15/h1-10H,11H2,(H2,21,27)(H,22,26). The fourth-order valence-corrected chi connectivity index (χ4v) is 4.37. The summed E-state index contributed by atoms with van der Waals surface area (Å²) in [6, 6.07) is 11.2. The van der Waals surface area contributed by atoms with E-state index in [1.54, 1.807) is 23.5 Å². The van der Waals surface area contributed by atoms with Crippen LogP contribution in [0.15, 0.2) is 65.1 Å². The number of amides is 2. The molecular weight excluding hydrogens is 438 g/mol. The number of carbonyl (C=O) groups excluding carboxylic acids is 2. The van der Waals surface area contributed by atoms with Crippen LogP contribution >= 0.6 is 23.1 Å². The van der Waals surface area contributed by atoms with Crippen molar-refractivity contribution in [1.82, 2.24) is 9.38 Å². The monoisotopic (exact) mass is 453 g/mol. The van der Waals surface area contributed by atoms with E-state index in [2.05, 4.69) is 10.3 Å². The number of nitrogens with zero attached hydrogens (tertiary/aromatic N) is 3. The second kappa shape index (κ2) is 8.58. The quantitative estimate of drug-likeness (QED) is 0.248. The second-order valence-electron chi connectivity index (χ2n) is 6.44. The minimum absolute atomic E-state index is 0.0319. The van der Waals surface area contributed by atoms with Crippen LogP contribution in [0.25, 0.3) is 16.2 Å². The lowest BCUT2D eigenvalue weighted by molar-refractivity contribution is -0.387. The first-order chi connectivity index (χ1) is 14.9. The van der Waals surface area contributed by atoms with Gasteiger partial charge in [-0.25, -0.2) is 4.98 Å². The largest absolute Gasteiger partial charge is 0.366 e. The van der Waals surface area contributed by atoms with E-state index in [-0.39, 0.29) is 27.8 Å². The van der Waals surface area contributed by atoms with Gasteiger partial charge in [-0.3, -0.25) is 24.1 Å². The number of thioether (sulfide) groups is 1. The number of hydrogen-bond donors (Lipinski definition) is 2. The van der Waals surface area contributed by atoms with Crippen LogP contribution in [0.5, 0.6) is 0 Å². The molecule has 0 bridgehead atoms. The zero-order valence-electron chi connectivity index (χ0n) is 15.8. The molecule has 0 saturated heterocycles. The molecule has 4 aromatic rings. The number of nitrogens with two attached hydrogens (primary N) is 1. The minimum Gasteiger partial charge on any atom is -0.366 e. The molecule has 0 radical (unpaired) electrons. The minimum atomic E-state index is -0.754. The van der Waals surface area contributed by atoms with E-state index in [0.717, 1.165) is 34.0 Å². The highest BCUT2D eigenvalue weighted by atomic mass is 32.2. The number of nitro groups is 1. The Kier molecular flexibility index (Phi) is 5.69. The van der Waals surface area contributed by atoms with E-state index in [1.807, 2.05) is 34.3 Å². The van der Waals surface area contributed by atoms with E-state index in [9.17, 15) is 19.7 Å². The van der Waals surface area contributed by atoms with Gasteiger partial charge in [0.15, 0.2) is 4.96 Å². The number of fused-ring (bicyclic) bond motifs is 1. The molecule has 11 heteroatoms. The predicted molar refractivity (Wildman–Crippen MR) is 119 cm³/mol. The van der Waals surface area contributed by atoms with Crippen LogP contribution in [-0.2, 0) is 4.79 Å². The van der Waals surface area contributed by atoms with Crippen LogP contribution in [0.4, 0.5) is 11.4 Å². The van der Waals surface area contributed by atoms with Gasteiger partial charge in [-0.05, 0) is 24.3 Å². The summed E-state index contributed by atoms with van der Waals surface area (Å²) < 4.78 is 1.95. The van der Waals surface area contributed by atoms with Gasteiger partial charge >= 0.3 is 0 Å². The number of aromatic nitrogens is 2. The molecule has 0 aliphatic rings. The predicted octanol–water partition coefficient (Wildman–Crippen LogP) is 3.80. The average molecular weight is 454 g/mol. The normalized spacial score (nSPS) is 10.8. The van der Waals surface area contributed by atoms with Gasteiger partial charge in [-0.15, -0.1) is 23.1 Å². The summed E-state index contributed by atoms with van der Waals surface area (Å²) >= 11 is 2.56. The highest BCUT2D eigenvalue weighted by Crippen LogP contribution is 2.30. The van der Waals surface area contributed by atoms with Crippen molar-refractivity contribution in [3.05, 3.63) is 75.9 Å². The fraction of sp³-hybridized carbons (Fsp3) is 0.0500. The van der Waals surface area contributed by atoms with Gasteiger partial charge in [0.05, 0.1) is 21.3 Å². The van der Waals surface area contributed by atoms with E-state index < -0.39 is 10.8 Å². The van der Waals surface area contributed by atoms with Gasteiger partial charge in [0.1, 0.15) is 0 Å². The molecular formula is C20H15N5O4S2. The molecule has 3 N–H and O–H groups in total. The zero-order chi connectivity index (χ0) is 22.0. The van der Waals surface area contributed by atoms with Crippen LogP contribution in [0.3, 0.4) is 0 Å². The van der Waals surface area contributed by atoms with Crippen molar-refractivity contribution in [3.63, 3.8) is 0 Å². The maximum atomic E-state index is 12.3. The van der Waals surface area contributed by atoms with Gasteiger partial charge < -0.3 is 11.1 Å². The molecule has 4 rings (SSSR count). The molecule has 9 nitrogen and oxygen atoms in total. The average Bonchev–Trinajstić information content (AvgIpc) is 3.35. The Morgan fingerprint density at radius 3 is 2.68 bits per heavy atom. The van der Waals surface area contributed by atoms with Crippen LogP contribution in [0.2, 0.25) is 0 Å².